The predicted molar refractivity (Wildman–Crippen MR) is 70.7 cm³/mol. The number of benzene rings is 1. The number of imide groups is 1. The fourth-order valence-corrected chi connectivity index (χ4v) is 2.17. The van der Waals surface area contributed by atoms with Crippen LogP contribution in [0.25, 0.3) is 0 Å². The second-order valence-electron chi connectivity index (χ2n) is 4.60. The zero-order chi connectivity index (χ0) is 13.8. The zero-order valence-corrected chi connectivity index (χ0v) is 10.9. The highest BCUT2D eigenvalue weighted by atomic mass is 16.3. The molecule has 2 rings (SSSR count). The minimum absolute atomic E-state index is 0.0407. The Morgan fingerprint density at radius 2 is 2.11 bits per heavy atom. The Hall–Kier alpha value is -1.72. The fraction of sp³-hybridized carbons (Fsp3) is 0.429. The third kappa shape index (κ3) is 3.00. The third-order valence-electron chi connectivity index (χ3n) is 3.16. The molecule has 0 aromatic heterocycles. The van der Waals surface area contributed by atoms with E-state index in [1.165, 1.54) is 0 Å². The second kappa shape index (κ2) is 5.95. The summed E-state index contributed by atoms with van der Waals surface area (Å²) in [4.78, 5) is 25.3. The lowest BCUT2D eigenvalue weighted by Gasteiger charge is -2.28. The minimum Gasteiger partial charge on any atom is -0.390 e. The molecule has 1 heterocycles. The zero-order valence-electron chi connectivity index (χ0n) is 10.9. The highest BCUT2D eigenvalue weighted by Gasteiger charge is 2.31. The van der Waals surface area contributed by atoms with Crippen molar-refractivity contribution in [3.05, 3.63) is 35.4 Å². The van der Waals surface area contributed by atoms with E-state index in [4.69, 9.17) is 0 Å². The normalized spacial score (nSPS) is 16.4. The van der Waals surface area contributed by atoms with Crippen LogP contribution in [0, 0.1) is 0 Å². The summed E-state index contributed by atoms with van der Waals surface area (Å²) >= 11 is 0. The Morgan fingerprint density at radius 3 is 2.84 bits per heavy atom. The maximum Gasteiger partial charge on any atom is 0.260 e. The van der Waals surface area contributed by atoms with Crippen LogP contribution in [0.15, 0.2) is 24.3 Å². The maximum atomic E-state index is 12.2. The second-order valence-corrected chi connectivity index (χ2v) is 4.60. The Kier molecular flexibility index (Phi) is 4.29. The van der Waals surface area contributed by atoms with Gasteiger partial charge < -0.3 is 10.4 Å². The van der Waals surface area contributed by atoms with Gasteiger partial charge in [0, 0.05) is 12.1 Å². The van der Waals surface area contributed by atoms with Gasteiger partial charge in [0.2, 0.25) is 5.91 Å². The largest absolute Gasteiger partial charge is 0.390 e. The van der Waals surface area contributed by atoms with E-state index in [0.717, 1.165) is 17.0 Å². The molecule has 1 atom stereocenters. The van der Waals surface area contributed by atoms with Crippen molar-refractivity contribution in [2.24, 2.45) is 0 Å². The van der Waals surface area contributed by atoms with Gasteiger partial charge in [0.25, 0.3) is 5.91 Å². The highest BCUT2D eigenvalue weighted by molar-refractivity contribution is 6.09. The van der Waals surface area contributed by atoms with Crippen LogP contribution < -0.4 is 5.32 Å². The maximum absolute atomic E-state index is 12.2. The van der Waals surface area contributed by atoms with Crippen LogP contribution in [0.5, 0.6) is 0 Å². The molecule has 0 saturated heterocycles. The first-order valence-corrected chi connectivity index (χ1v) is 6.45. The van der Waals surface area contributed by atoms with Gasteiger partial charge in [-0.15, -0.1) is 0 Å². The van der Waals surface area contributed by atoms with Crippen molar-refractivity contribution < 1.29 is 14.7 Å². The van der Waals surface area contributed by atoms with Gasteiger partial charge >= 0.3 is 0 Å². The molecule has 1 aliphatic heterocycles. The summed E-state index contributed by atoms with van der Waals surface area (Å²) in [7, 11) is 0. The number of hydrogen-bond donors (Lipinski definition) is 2. The van der Waals surface area contributed by atoms with Crippen LogP contribution in [0.1, 0.15) is 22.8 Å². The van der Waals surface area contributed by atoms with Gasteiger partial charge in [-0.25, -0.2) is 0 Å². The number of rotatable bonds is 5. The summed E-state index contributed by atoms with van der Waals surface area (Å²) in [5.74, 6) is -0.568. The average molecular weight is 262 g/mol. The summed E-state index contributed by atoms with van der Waals surface area (Å²) < 4.78 is 0. The highest BCUT2D eigenvalue weighted by Crippen LogP contribution is 2.19. The molecule has 1 aromatic rings. The van der Waals surface area contributed by atoms with E-state index < -0.39 is 6.10 Å². The average Bonchev–Trinajstić information content (AvgIpc) is 2.41. The van der Waals surface area contributed by atoms with Gasteiger partial charge in [-0.2, -0.15) is 0 Å². The summed E-state index contributed by atoms with van der Waals surface area (Å²) in [6, 6.07) is 7.10. The number of hydrogen-bond acceptors (Lipinski definition) is 4. The van der Waals surface area contributed by atoms with Crippen molar-refractivity contribution >= 4 is 11.8 Å². The van der Waals surface area contributed by atoms with Crippen molar-refractivity contribution in [1.82, 2.24) is 10.2 Å². The molecule has 2 amide bonds. The first-order valence-electron chi connectivity index (χ1n) is 6.45. The van der Waals surface area contributed by atoms with Crippen molar-refractivity contribution in [2.75, 3.05) is 19.6 Å². The molecular weight excluding hydrogens is 244 g/mol. The molecule has 0 bridgehead atoms. The molecule has 1 aromatic carbocycles. The topological polar surface area (TPSA) is 69.6 Å². The summed E-state index contributed by atoms with van der Waals surface area (Å²) in [5.41, 5.74) is 1.31. The number of amides is 2. The molecule has 0 radical (unpaired) electrons. The van der Waals surface area contributed by atoms with E-state index in [0.29, 0.717) is 12.1 Å². The Bertz CT molecular complexity index is 487. The number of aliphatic hydroxyl groups is 1. The Balaban J connectivity index is 2.10. The predicted octanol–water partition coefficient (Wildman–Crippen LogP) is 0.182. The lowest BCUT2D eigenvalue weighted by Crippen LogP contribution is -2.47. The van der Waals surface area contributed by atoms with E-state index in [1.807, 2.05) is 13.0 Å². The lowest BCUT2D eigenvalue weighted by molar-refractivity contribution is -0.129. The molecule has 0 fully saturated rings. The smallest absolute Gasteiger partial charge is 0.260 e. The number of nitrogens with zero attached hydrogens (tertiary/aromatic N) is 1. The van der Waals surface area contributed by atoms with Gasteiger partial charge in [0.1, 0.15) is 0 Å². The number of carbonyl (C=O) groups is 2. The number of nitrogens with one attached hydrogen (secondary N) is 1. The van der Waals surface area contributed by atoms with E-state index in [9.17, 15) is 14.7 Å². The molecular formula is C14H18N2O3. The fourth-order valence-electron chi connectivity index (χ4n) is 2.17. The molecule has 0 aliphatic carbocycles. The quantitative estimate of drug-likeness (QED) is 0.743. The summed E-state index contributed by atoms with van der Waals surface area (Å²) in [5, 5.41) is 12.8. The van der Waals surface area contributed by atoms with Gasteiger partial charge in [0.15, 0.2) is 0 Å². The van der Waals surface area contributed by atoms with Crippen LogP contribution in [0.3, 0.4) is 0 Å². The minimum atomic E-state index is -0.738. The van der Waals surface area contributed by atoms with Crippen LogP contribution in [0.4, 0.5) is 0 Å². The van der Waals surface area contributed by atoms with Crippen LogP contribution in [0.2, 0.25) is 0 Å². The van der Waals surface area contributed by atoms with Crippen LogP contribution in [-0.2, 0) is 11.2 Å². The SMILES string of the molecule is CCNCC(O)CN1C(=O)Cc2ccccc2C1=O. The summed E-state index contributed by atoms with van der Waals surface area (Å²) in [6.45, 7) is 3.08. The van der Waals surface area contributed by atoms with Gasteiger partial charge in [-0.1, -0.05) is 25.1 Å². The lowest BCUT2D eigenvalue weighted by atomic mass is 9.98. The van der Waals surface area contributed by atoms with Gasteiger partial charge in [0.05, 0.1) is 19.1 Å². The van der Waals surface area contributed by atoms with Crippen molar-refractivity contribution in [3.8, 4) is 0 Å². The van der Waals surface area contributed by atoms with Crippen molar-refractivity contribution in [2.45, 2.75) is 19.4 Å². The van der Waals surface area contributed by atoms with Crippen molar-refractivity contribution in [3.63, 3.8) is 0 Å². The molecule has 2 N–H and O–H groups in total. The third-order valence-corrected chi connectivity index (χ3v) is 3.16. The number of likely N-dealkylation sites (N-methyl/N-ethyl adjacent to an activating group) is 1. The molecule has 19 heavy (non-hydrogen) atoms. The van der Waals surface area contributed by atoms with E-state index >= 15 is 0 Å². The molecule has 0 spiro atoms. The number of fused-ring (bicyclic) bond motifs is 1. The van der Waals surface area contributed by atoms with Crippen LogP contribution in [-0.4, -0.2) is 47.6 Å². The molecule has 5 heteroatoms. The van der Waals surface area contributed by atoms with E-state index in [2.05, 4.69) is 5.32 Å². The number of aliphatic hydroxyl groups excluding tert-OH is 1. The monoisotopic (exact) mass is 262 g/mol. The first kappa shape index (κ1) is 13.7. The molecule has 102 valence electrons. The molecule has 1 unspecified atom stereocenters. The standard InChI is InChI=1S/C14H18N2O3/c1-2-15-8-11(17)9-16-13(18)7-10-5-3-4-6-12(10)14(16)19/h3-6,11,15,17H,2,7-9H2,1H3. The van der Waals surface area contributed by atoms with Gasteiger partial charge in [-0.05, 0) is 18.2 Å². The Labute approximate surface area is 112 Å². The van der Waals surface area contributed by atoms with E-state index in [1.54, 1.807) is 18.2 Å². The van der Waals surface area contributed by atoms with Crippen LogP contribution >= 0.6 is 0 Å². The first-order chi connectivity index (χ1) is 9.13. The molecule has 1 aliphatic rings. The Morgan fingerprint density at radius 1 is 1.37 bits per heavy atom. The molecule has 0 saturated carbocycles. The number of carbonyl (C=O) groups excluding carboxylic acids is 2. The van der Waals surface area contributed by atoms with Gasteiger partial charge in [-0.3, -0.25) is 14.5 Å². The van der Waals surface area contributed by atoms with Crippen molar-refractivity contribution in [1.29, 1.82) is 0 Å². The summed E-state index contributed by atoms with van der Waals surface area (Å²) in [6.07, 6.45) is -0.520. The molecule has 5 nitrogen and oxygen atoms in total. The number of β-amino-alcohol motifs (C(OH)–C–C–N with tert-alkyl or cyclic N) is 1. The van der Waals surface area contributed by atoms with E-state index in [-0.39, 0.29) is 24.8 Å².